The quantitative estimate of drug-likeness (QED) is 0.900. The second-order valence-corrected chi connectivity index (χ2v) is 6.55. The molecule has 0 unspecified atom stereocenters. The first-order valence-corrected chi connectivity index (χ1v) is 8.59. The summed E-state index contributed by atoms with van der Waals surface area (Å²) in [5.74, 6) is -1.48. The SMILES string of the molecule is O=C(NCCN1CCOCC1)c1ccc(-c2c(F)cccc2F)s1. The first-order chi connectivity index (χ1) is 11.6. The molecule has 1 N–H and O–H groups in total. The van der Waals surface area contributed by atoms with Crippen molar-refractivity contribution < 1.29 is 18.3 Å². The first kappa shape index (κ1) is 17.0. The Morgan fingerprint density at radius 1 is 1.17 bits per heavy atom. The number of hydrogen-bond acceptors (Lipinski definition) is 4. The summed E-state index contributed by atoms with van der Waals surface area (Å²) in [5.41, 5.74) is -0.0881. The van der Waals surface area contributed by atoms with Gasteiger partial charge in [-0.25, -0.2) is 8.78 Å². The van der Waals surface area contributed by atoms with Gasteiger partial charge in [-0.3, -0.25) is 9.69 Å². The van der Waals surface area contributed by atoms with E-state index in [1.165, 1.54) is 18.2 Å². The third kappa shape index (κ3) is 3.98. The lowest BCUT2D eigenvalue weighted by molar-refractivity contribution is 0.0383. The van der Waals surface area contributed by atoms with Crippen molar-refractivity contribution >= 4 is 17.2 Å². The maximum absolute atomic E-state index is 13.8. The van der Waals surface area contributed by atoms with Gasteiger partial charge in [0.25, 0.3) is 5.91 Å². The fourth-order valence-corrected chi connectivity index (χ4v) is 3.54. The van der Waals surface area contributed by atoms with Gasteiger partial charge in [0.2, 0.25) is 0 Å². The van der Waals surface area contributed by atoms with E-state index in [9.17, 15) is 13.6 Å². The van der Waals surface area contributed by atoms with Gasteiger partial charge in [0, 0.05) is 31.1 Å². The highest BCUT2D eigenvalue weighted by Gasteiger charge is 2.16. The summed E-state index contributed by atoms with van der Waals surface area (Å²) in [6.07, 6.45) is 0. The van der Waals surface area contributed by atoms with E-state index in [0.29, 0.717) is 16.3 Å². The third-order valence-electron chi connectivity index (χ3n) is 3.86. The Bertz CT molecular complexity index is 694. The minimum atomic E-state index is -0.629. The molecule has 24 heavy (non-hydrogen) atoms. The summed E-state index contributed by atoms with van der Waals surface area (Å²) in [7, 11) is 0. The van der Waals surface area contributed by atoms with Crippen LogP contribution in [0, 0.1) is 11.6 Å². The van der Waals surface area contributed by atoms with Crippen molar-refractivity contribution in [2.45, 2.75) is 0 Å². The number of carbonyl (C=O) groups excluding carboxylic acids is 1. The summed E-state index contributed by atoms with van der Waals surface area (Å²) in [6, 6.07) is 6.90. The average Bonchev–Trinajstić information content (AvgIpc) is 3.05. The number of thiophene rings is 1. The molecule has 0 bridgehead atoms. The summed E-state index contributed by atoms with van der Waals surface area (Å²) in [6.45, 7) is 4.46. The normalized spacial score (nSPS) is 15.4. The van der Waals surface area contributed by atoms with E-state index in [2.05, 4.69) is 10.2 Å². The molecule has 128 valence electrons. The summed E-state index contributed by atoms with van der Waals surface area (Å²) >= 11 is 1.08. The Morgan fingerprint density at radius 2 is 1.88 bits per heavy atom. The zero-order valence-corrected chi connectivity index (χ0v) is 13.9. The third-order valence-corrected chi connectivity index (χ3v) is 4.96. The van der Waals surface area contributed by atoms with Crippen molar-refractivity contribution in [2.24, 2.45) is 0 Å². The van der Waals surface area contributed by atoms with E-state index >= 15 is 0 Å². The number of rotatable bonds is 5. The minimum absolute atomic E-state index is 0.0881. The molecule has 2 heterocycles. The fourth-order valence-electron chi connectivity index (χ4n) is 2.57. The standard InChI is InChI=1S/C17H18F2N2O2S/c18-12-2-1-3-13(19)16(12)14-4-5-15(24-14)17(22)20-6-7-21-8-10-23-11-9-21/h1-5H,6-11H2,(H,20,22). The van der Waals surface area contributed by atoms with Gasteiger partial charge in [-0.1, -0.05) is 6.07 Å². The van der Waals surface area contributed by atoms with E-state index in [1.54, 1.807) is 12.1 Å². The molecule has 1 amide bonds. The molecule has 1 aliphatic heterocycles. The highest BCUT2D eigenvalue weighted by Crippen LogP contribution is 2.32. The zero-order chi connectivity index (χ0) is 16.9. The van der Waals surface area contributed by atoms with Crippen molar-refractivity contribution in [2.75, 3.05) is 39.4 Å². The second kappa shape index (κ2) is 7.83. The molecule has 3 rings (SSSR count). The van der Waals surface area contributed by atoms with Crippen LogP contribution in [0.1, 0.15) is 9.67 Å². The number of carbonyl (C=O) groups is 1. The van der Waals surface area contributed by atoms with E-state index in [4.69, 9.17) is 4.74 Å². The Labute approximate surface area is 143 Å². The Hall–Kier alpha value is -1.83. The van der Waals surface area contributed by atoms with Gasteiger partial charge in [-0.15, -0.1) is 11.3 Å². The highest BCUT2D eigenvalue weighted by molar-refractivity contribution is 7.17. The number of halogens is 2. The van der Waals surface area contributed by atoms with Crippen molar-refractivity contribution in [3.8, 4) is 10.4 Å². The van der Waals surface area contributed by atoms with Crippen LogP contribution in [-0.2, 0) is 4.74 Å². The number of ether oxygens (including phenoxy) is 1. The maximum Gasteiger partial charge on any atom is 0.261 e. The Kier molecular flexibility index (Phi) is 5.55. The number of nitrogens with zero attached hydrogens (tertiary/aromatic N) is 1. The van der Waals surface area contributed by atoms with Crippen LogP contribution in [0.4, 0.5) is 8.78 Å². The molecule has 0 atom stereocenters. The molecule has 7 heteroatoms. The van der Waals surface area contributed by atoms with Gasteiger partial charge < -0.3 is 10.1 Å². The first-order valence-electron chi connectivity index (χ1n) is 7.77. The van der Waals surface area contributed by atoms with Crippen LogP contribution in [0.2, 0.25) is 0 Å². The van der Waals surface area contributed by atoms with Crippen LogP contribution >= 0.6 is 11.3 Å². The second-order valence-electron chi connectivity index (χ2n) is 5.47. The fraction of sp³-hybridized carbons (Fsp3) is 0.353. The van der Waals surface area contributed by atoms with Gasteiger partial charge in [0.15, 0.2) is 0 Å². The number of morpholine rings is 1. The number of hydrogen-bond donors (Lipinski definition) is 1. The molecule has 0 spiro atoms. The zero-order valence-electron chi connectivity index (χ0n) is 13.1. The molecule has 2 aromatic rings. The minimum Gasteiger partial charge on any atom is -0.379 e. The molecular weight excluding hydrogens is 334 g/mol. The van der Waals surface area contributed by atoms with E-state index in [1.807, 2.05) is 0 Å². The lowest BCUT2D eigenvalue weighted by Gasteiger charge is -2.26. The van der Waals surface area contributed by atoms with Crippen molar-refractivity contribution in [3.63, 3.8) is 0 Å². The lowest BCUT2D eigenvalue weighted by atomic mass is 10.1. The lowest BCUT2D eigenvalue weighted by Crippen LogP contribution is -2.41. The smallest absolute Gasteiger partial charge is 0.261 e. The van der Waals surface area contributed by atoms with Crippen LogP contribution < -0.4 is 5.32 Å². The summed E-state index contributed by atoms with van der Waals surface area (Å²) < 4.78 is 32.9. The number of benzene rings is 1. The van der Waals surface area contributed by atoms with E-state index in [0.717, 1.165) is 44.2 Å². The van der Waals surface area contributed by atoms with Gasteiger partial charge in [0.1, 0.15) is 11.6 Å². The molecule has 0 aliphatic carbocycles. The van der Waals surface area contributed by atoms with Crippen molar-refractivity contribution in [1.82, 2.24) is 10.2 Å². The molecule has 0 radical (unpaired) electrons. The number of nitrogens with one attached hydrogen (secondary N) is 1. The maximum atomic E-state index is 13.8. The molecule has 1 aromatic carbocycles. The summed E-state index contributed by atoms with van der Waals surface area (Å²) in [5, 5.41) is 2.84. The molecule has 1 saturated heterocycles. The Balaban J connectivity index is 1.59. The molecule has 4 nitrogen and oxygen atoms in total. The van der Waals surface area contributed by atoms with E-state index < -0.39 is 11.6 Å². The van der Waals surface area contributed by atoms with Crippen LogP contribution in [0.3, 0.4) is 0 Å². The Morgan fingerprint density at radius 3 is 2.58 bits per heavy atom. The molecule has 1 fully saturated rings. The van der Waals surface area contributed by atoms with Gasteiger partial charge in [0.05, 0.1) is 23.7 Å². The van der Waals surface area contributed by atoms with Crippen LogP contribution in [-0.4, -0.2) is 50.2 Å². The predicted molar refractivity (Wildman–Crippen MR) is 89.3 cm³/mol. The van der Waals surface area contributed by atoms with Gasteiger partial charge in [-0.05, 0) is 24.3 Å². The summed E-state index contributed by atoms with van der Waals surface area (Å²) in [4.78, 5) is 15.2. The number of amides is 1. The van der Waals surface area contributed by atoms with Crippen LogP contribution in [0.15, 0.2) is 30.3 Å². The largest absolute Gasteiger partial charge is 0.379 e. The monoisotopic (exact) mass is 352 g/mol. The van der Waals surface area contributed by atoms with Crippen molar-refractivity contribution in [1.29, 1.82) is 0 Å². The molecular formula is C17H18F2N2O2S. The molecule has 0 saturated carbocycles. The average molecular weight is 352 g/mol. The predicted octanol–water partition coefficient (Wildman–Crippen LogP) is 2.76. The van der Waals surface area contributed by atoms with Crippen LogP contribution in [0.5, 0.6) is 0 Å². The highest BCUT2D eigenvalue weighted by atomic mass is 32.1. The van der Waals surface area contributed by atoms with E-state index in [-0.39, 0.29) is 11.5 Å². The van der Waals surface area contributed by atoms with Crippen molar-refractivity contribution in [3.05, 3.63) is 46.8 Å². The molecule has 1 aliphatic rings. The van der Waals surface area contributed by atoms with Crippen LogP contribution in [0.25, 0.3) is 10.4 Å². The molecule has 1 aromatic heterocycles. The van der Waals surface area contributed by atoms with Gasteiger partial charge >= 0.3 is 0 Å². The topological polar surface area (TPSA) is 41.6 Å². The van der Waals surface area contributed by atoms with Gasteiger partial charge in [-0.2, -0.15) is 0 Å².